The number of nitrogens with zero attached hydrogens (tertiary/aromatic N) is 3. The van der Waals surface area contributed by atoms with E-state index in [9.17, 15) is 0 Å². The fourth-order valence-corrected chi connectivity index (χ4v) is 2.74. The second-order valence-corrected chi connectivity index (χ2v) is 6.19. The van der Waals surface area contributed by atoms with Gasteiger partial charge < -0.3 is 19.4 Å². The second-order valence-electron chi connectivity index (χ2n) is 6.19. The van der Waals surface area contributed by atoms with Gasteiger partial charge in [-0.2, -0.15) is 0 Å². The van der Waals surface area contributed by atoms with Crippen molar-refractivity contribution >= 4 is 5.96 Å². The minimum atomic E-state index is 0.471. The maximum atomic E-state index is 5.60. The normalized spacial score (nSPS) is 16.6. The Bertz CT molecular complexity index is 487. The zero-order valence-corrected chi connectivity index (χ0v) is 14.9. The van der Waals surface area contributed by atoms with Crippen LogP contribution in [0.15, 0.2) is 9.41 Å². The molecule has 1 aromatic heterocycles. The van der Waals surface area contributed by atoms with E-state index in [-0.39, 0.29) is 0 Å². The molecule has 1 aromatic rings. The molecule has 6 heteroatoms. The van der Waals surface area contributed by atoms with Gasteiger partial charge in [0.1, 0.15) is 12.3 Å². The van der Waals surface area contributed by atoms with Crippen molar-refractivity contribution in [3.63, 3.8) is 0 Å². The summed E-state index contributed by atoms with van der Waals surface area (Å²) in [7, 11) is 2.09. The zero-order chi connectivity index (χ0) is 16.7. The van der Waals surface area contributed by atoms with Crippen molar-refractivity contribution in [3.05, 3.63) is 17.3 Å². The van der Waals surface area contributed by atoms with Gasteiger partial charge in [-0.15, -0.1) is 0 Å². The summed E-state index contributed by atoms with van der Waals surface area (Å²) in [6.45, 7) is 10.1. The number of nitrogens with one attached hydrogen (secondary N) is 1. The lowest BCUT2D eigenvalue weighted by Crippen LogP contribution is -2.40. The molecule has 0 radical (unpaired) electrons. The SMILES string of the molecule is CCNC(=NCc1nc(C)c(C)o1)N(C)CCC1CCOCC1. The summed E-state index contributed by atoms with van der Waals surface area (Å²) in [6, 6.07) is 0. The zero-order valence-electron chi connectivity index (χ0n) is 14.9. The standard InChI is InChI=1S/C17H30N4O2/c1-5-18-17(19-12-16-20-13(2)14(3)23-16)21(4)9-6-15-7-10-22-11-8-15/h15H,5-12H2,1-4H3,(H,18,19). The lowest BCUT2D eigenvalue weighted by atomic mass is 9.96. The molecule has 0 aliphatic carbocycles. The van der Waals surface area contributed by atoms with Crippen molar-refractivity contribution in [3.8, 4) is 0 Å². The first kappa shape index (κ1) is 17.8. The van der Waals surface area contributed by atoms with Gasteiger partial charge in [-0.25, -0.2) is 9.98 Å². The molecule has 0 saturated carbocycles. The highest BCUT2D eigenvalue weighted by molar-refractivity contribution is 5.79. The van der Waals surface area contributed by atoms with Gasteiger partial charge in [-0.1, -0.05) is 0 Å². The number of ether oxygens (including phenoxy) is 1. The Morgan fingerprint density at radius 1 is 1.35 bits per heavy atom. The van der Waals surface area contributed by atoms with Gasteiger partial charge in [0, 0.05) is 33.4 Å². The molecule has 0 bridgehead atoms. The highest BCUT2D eigenvalue weighted by Gasteiger charge is 2.15. The Labute approximate surface area is 139 Å². The van der Waals surface area contributed by atoms with Crippen LogP contribution < -0.4 is 5.32 Å². The van der Waals surface area contributed by atoms with E-state index in [2.05, 4.69) is 34.2 Å². The van der Waals surface area contributed by atoms with Gasteiger partial charge in [-0.3, -0.25) is 0 Å². The molecule has 0 spiro atoms. The Hall–Kier alpha value is -1.56. The van der Waals surface area contributed by atoms with Crippen molar-refractivity contribution in [2.24, 2.45) is 10.9 Å². The summed E-state index contributed by atoms with van der Waals surface area (Å²) >= 11 is 0. The number of guanidine groups is 1. The van der Waals surface area contributed by atoms with E-state index in [0.717, 1.165) is 49.6 Å². The summed E-state index contributed by atoms with van der Waals surface area (Å²) in [5, 5.41) is 3.34. The molecule has 1 aliphatic heterocycles. The molecule has 0 aromatic carbocycles. The van der Waals surface area contributed by atoms with Crippen LogP contribution in [0, 0.1) is 19.8 Å². The van der Waals surface area contributed by atoms with Crippen molar-refractivity contribution < 1.29 is 9.15 Å². The van der Waals surface area contributed by atoms with Gasteiger partial charge in [0.05, 0.1) is 5.69 Å². The second kappa shape index (κ2) is 8.91. The van der Waals surface area contributed by atoms with Crippen LogP contribution in [0.4, 0.5) is 0 Å². The molecule has 1 fully saturated rings. The topological polar surface area (TPSA) is 62.9 Å². The molecule has 0 unspecified atom stereocenters. The first-order valence-corrected chi connectivity index (χ1v) is 8.60. The molecular weight excluding hydrogens is 292 g/mol. The summed E-state index contributed by atoms with van der Waals surface area (Å²) in [6.07, 6.45) is 3.54. The predicted octanol–water partition coefficient (Wildman–Crippen LogP) is 2.51. The number of aromatic nitrogens is 1. The van der Waals surface area contributed by atoms with Crippen molar-refractivity contribution in [1.82, 2.24) is 15.2 Å². The van der Waals surface area contributed by atoms with Crippen LogP contribution in [0.2, 0.25) is 0 Å². The van der Waals surface area contributed by atoms with Crippen molar-refractivity contribution in [2.45, 2.75) is 46.6 Å². The number of aliphatic imine (C=N–C) groups is 1. The lowest BCUT2D eigenvalue weighted by Gasteiger charge is -2.26. The Kier molecular flexibility index (Phi) is 6.89. The fourth-order valence-electron chi connectivity index (χ4n) is 2.74. The molecule has 23 heavy (non-hydrogen) atoms. The van der Waals surface area contributed by atoms with Crippen LogP contribution in [0.3, 0.4) is 0 Å². The van der Waals surface area contributed by atoms with Crippen LogP contribution >= 0.6 is 0 Å². The average molecular weight is 322 g/mol. The van der Waals surface area contributed by atoms with E-state index < -0.39 is 0 Å². The number of hydrogen-bond acceptors (Lipinski definition) is 4. The highest BCUT2D eigenvalue weighted by atomic mass is 16.5. The molecule has 0 amide bonds. The van der Waals surface area contributed by atoms with Crippen molar-refractivity contribution in [2.75, 3.05) is 33.4 Å². The van der Waals surface area contributed by atoms with E-state index in [0.29, 0.717) is 12.4 Å². The van der Waals surface area contributed by atoms with Crippen LogP contribution in [0.1, 0.15) is 43.5 Å². The number of oxazole rings is 1. The van der Waals surface area contributed by atoms with Gasteiger partial charge in [0.25, 0.3) is 0 Å². The Morgan fingerprint density at radius 3 is 2.70 bits per heavy atom. The third-order valence-electron chi connectivity index (χ3n) is 4.35. The van der Waals surface area contributed by atoms with E-state index in [1.165, 1.54) is 19.3 Å². The molecule has 2 rings (SSSR count). The smallest absolute Gasteiger partial charge is 0.216 e. The minimum Gasteiger partial charge on any atom is -0.444 e. The molecule has 0 atom stereocenters. The molecule has 1 aliphatic rings. The Morgan fingerprint density at radius 2 is 2.09 bits per heavy atom. The predicted molar refractivity (Wildman–Crippen MR) is 91.6 cm³/mol. The maximum absolute atomic E-state index is 5.60. The largest absolute Gasteiger partial charge is 0.444 e. The van der Waals surface area contributed by atoms with Gasteiger partial charge >= 0.3 is 0 Å². The maximum Gasteiger partial charge on any atom is 0.216 e. The first-order chi connectivity index (χ1) is 11.1. The van der Waals surface area contributed by atoms with E-state index >= 15 is 0 Å². The summed E-state index contributed by atoms with van der Waals surface area (Å²) in [5.41, 5.74) is 0.938. The van der Waals surface area contributed by atoms with Crippen molar-refractivity contribution in [1.29, 1.82) is 0 Å². The monoisotopic (exact) mass is 322 g/mol. The van der Waals surface area contributed by atoms with Gasteiger partial charge in [-0.05, 0) is 46.0 Å². The third kappa shape index (κ3) is 5.53. The van der Waals surface area contributed by atoms with Gasteiger partial charge in [0.15, 0.2) is 5.96 Å². The molecule has 6 nitrogen and oxygen atoms in total. The Balaban J connectivity index is 1.88. The minimum absolute atomic E-state index is 0.471. The van der Waals surface area contributed by atoms with E-state index in [1.54, 1.807) is 0 Å². The first-order valence-electron chi connectivity index (χ1n) is 8.60. The van der Waals surface area contributed by atoms with Gasteiger partial charge in [0.2, 0.25) is 5.89 Å². The van der Waals surface area contributed by atoms with Crippen LogP contribution in [-0.2, 0) is 11.3 Å². The van der Waals surface area contributed by atoms with Crippen LogP contribution in [-0.4, -0.2) is 49.2 Å². The molecule has 1 N–H and O–H groups in total. The average Bonchev–Trinajstić information content (AvgIpc) is 2.88. The van der Waals surface area contributed by atoms with E-state index in [4.69, 9.17) is 9.15 Å². The van der Waals surface area contributed by atoms with Crippen LogP contribution in [0.25, 0.3) is 0 Å². The fraction of sp³-hybridized carbons (Fsp3) is 0.765. The van der Waals surface area contributed by atoms with E-state index in [1.807, 2.05) is 13.8 Å². The number of aryl methyl sites for hydroxylation is 2. The molecule has 1 saturated heterocycles. The number of hydrogen-bond donors (Lipinski definition) is 1. The molecule has 2 heterocycles. The summed E-state index contributed by atoms with van der Waals surface area (Å²) in [4.78, 5) is 11.2. The summed E-state index contributed by atoms with van der Waals surface area (Å²) in [5.74, 6) is 3.22. The highest BCUT2D eigenvalue weighted by Crippen LogP contribution is 2.18. The molecule has 130 valence electrons. The quantitative estimate of drug-likeness (QED) is 0.644. The number of rotatable bonds is 6. The third-order valence-corrected chi connectivity index (χ3v) is 4.35. The molecular formula is C17H30N4O2. The lowest BCUT2D eigenvalue weighted by molar-refractivity contribution is 0.0625. The van der Waals surface area contributed by atoms with Crippen LogP contribution in [0.5, 0.6) is 0 Å². The summed E-state index contributed by atoms with van der Waals surface area (Å²) < 4.78 is 11.0.